The molecule has 0 amide bonds. The zero-order valence-corrected chi connectivity index (χ0v) is 31.0. The minimum absolute atomic E-state index is 0.0876. The molecule has 3 heterocycles. The van der Waals surface area contributed by atoms with Crippen LogP contribution in [0.1, 0.15) is 25.0 Å². The average molecular weight is 718 g/mol. The molecule has 0 saturated heterocycles. The third kappa shape index (κ3) is 4.32. The second-order valence-electron chi connectivity index (χ2n) is 15.6. The molecule has 56 heavy (non-hydrogen) atoms. The molecule has 0 unspecified atom stereocenters. The number of imidazole rings is 1. The van der Waals surface area contributed by atoms with Crippen molar-refractivity contribution in [2.45, 2.75) is 19.3 Å². The van der Waals surface area contributed by atoms with Crippen LogP contribution in [0.2, 0.25) is 0 Å². The lowest BCUT2D eigenvalue weighted by molar-refractivity contribution is 0.661. The van der Waals surface area contributed by atoms with Crippen molar-refractivity contribution in [1.82, 2.24) is 14.1 Å². The van der Waals surface area contributed by atoms with Gasteiger partial charge in [0.15, 0.2) is 0 Å². The number of para-hydroxylation sites is 3. The Kier molecular flexibility index (Phi) is 6.37. The molecule has 8 aromatic carbocycles. The summed E-state index contributed by atoms with van der Waals surface area (Å²) in [6.45, 7) is 4.71. The third-order valence-electron chi connectivity index (χ3n) is 12.1. The van der Waals surface area contributed by atoms with Crippen molar-refractivity contribution in [3.05, 3.63) is 187 Å². The van der Waals surface area contributed by atoms with Gasteiger partial charge in [-0.3, -0.25) is 4.57 Å². The maximum Gasteiger partial charge on any atom is 0.145 e. The second kappa shape index (κ2) is 11.4. The van der Waals surface area contributed by atoms with Crippen LogP contribution in [-0.2, 0) is 5.41 Å². The first-order chi connectivity index (χ1) is 27.5. The predicted octanol–water partition coefficient (Wildman–Crippen LogP) is 13.7. The summed E-state index contributed by atoms with van der Waals surface area (Å²) in [7, 11) is 0. The van der Waals surface area contributed by atoms with E-state index in [0.29, 0.717) is 0 Å². The molecule has 0 radical (unpaired) electrons. The molecule has 1 aliphatic carbocycles. The molecular weight excluding hydrogens is 683 g/mol. The van der Waals surface area contributed by atoms with Crippen molar-refractivity contribution < 1.29 is 4.42 Å². The van der Waals surface area contributed by atoms with E-state index in [2.05, 4.69) is 193 Å². The highest BCUT2D eigenvalue weighted by Crippen LogP contribution is 2.51. The lowest BCUT2D eigenvalue weighted by atomic mass is 9.82. The van der Waals surface area contributed by atoms with E-state index >= 15 is 0 Å². The number of hydrogen-bond acceptors (Lipinski definition) is 2. The van der Waals surface area contributed by atoms with Crippen LogP contribution >= 0.6 is 0 Å². The summed E-state index contributed by atoms with van der Waals surface area (Å²) in [6.07, 6.45) is 0. The fourth-order valence-electron chi connectivity index (χ4n) is 9.47. The number of hydrogen-bond donors (Lipinski definition) is 0. The molecule has 4 nitrogen and oxygen atoms in total. The lowest BCUT2D eigenvalue weighted by Gasteiger charge is -2.21. The highest BCUT2D eigenvalue weighted by molar-refractivity contribution is 6.14. The summed E-state index contributed by atoms with van der Waals surface area (Å²) in [6, 6.07) is 63.3. The molecular formula is C52H35N3O. The van der Waals surface area contributed by atoms with Crippen molar-refractivity contribution in [3.63, 3.8) is 0 Å². The molecule has 0 bridgehead atoms. The van der Waals surface area contributed by atoms with E-state index in [9.17, 15) is 0 Å². The van der Waals surface area contributed by atoms with Gasteiger partial charge < -0.3 is 8.98 Å². The van der Waals surface area contributed by atoms with Crippen molar-refractivity contribution >= 4 is 54.8 Å². The molecule has 264 valence electrons. The van der Waals surface area contributed by atoms with Crippen LogP contribution in [0.15, 0.2) is 180 Å². The Bertz CT molecular complexity index is 3380. The molecule has 12 rings (SSSR count). The zero-order chi connectivity index (χ0) is 37.1. The Balaban J connectivity index is 1.09. The number of aromatic nitrogens is 3. The van der Waals surface area contributed by atoms with Gasteiger partial charge in [-0.15, -0.1) is 0 Å². The average Bonchev–Trinajstić information content (AvgIpc) is 3.97. The fourth-order valence-corrected chi connectivity index (χ4v) is 9.47. The highest BCUT2D eigenvalue weighted by atomic mass is 16.3. The fraction of sp³-hybridized carbons (Fsp3) is 0.0577. The van der Waals surface area contributed by atoms with E-state index in [4.69, 9.17) is 9.40 Å². The molecule has 1 aliphatic rings. The summed E-state index contributed by atoms with van der Waals surface area (Å²) in [5.74, 6) is 0.905. The smallest absolute Gasteiger partial charge is 0.145 e. The Morgan fingerprint density at radius 2 is 1.18 bits per heavy atom. The van der Waals surface area contributed by atoms with Gasteiger partial charge in [-0.25, -0.2) is 4.98 Å². The van der Waals surface area contributed by atoms with Crippen LogP contribution in [0, 0.1) is 0 Å². The van der Waals surface area contributed by atoms with Crippen LogP contribution in [0.4, 0.5) is 0 Å². The topological polar surface area (TPSA) is 35.9 Å². The summed E-state index contributed by atoms with van der Waals surface area (Å²) in [4.78, 5) is 5.15. The lowest BCUT2D eigenvalue weighted by Crippen LogP contribution is -2.14. The van der Waals surface area contributed by atoms with Gasteiger partial charge in [0.05, 0.1) is 33.1 Å². The van der Waals surface area contributed by atoms with E-state index in [0.717, 1.165) is 66.9 Å². The number of benzene rings is 8. The maximum atomic E-state index is 6.57. The first-order valence-corrected chi connectivity index (χ1v) is 19.3. The van der Waals surface area contributed by atoms with Crippen LogP contribution in [-0.4, -0.2) is 14.1 Å². The van der Waals surface area contributed by atoms with E-state index in [1.54, 1.807) is 0 Å². The van der Waals surface area contributed by atoms with Gasteiger partial charge in [-0.2, -0.15) is 0 Å². The summed E-state index contributed by atoms with van der Waals surface area (Å²) in [5.41, 5.74) is 17.1. The Hall–Kier alpha value is -7.17. The monoisotopic (exact) mass is 717 g/mol. The van der Waals surface area contributed by atoms with E-state index < -0.39 is 0 Å². The summed E-state index contributed by atoms with van der Waals surface area (Å²) >= 11 is 0. The minimum Gasteiger partial charge on any atom is -0.456 e. The molecule has 0 aliphatic heterocycles. The van der Waals surface area contributed by atoms with Gasteiger partial charge >= 0.3 is 0 Å². The van der Waals surface area contributed by atoms with Crippen LogP contribution < -0.4 is 0 Å². The van der Waals surface area contributed by atoms with Gasteiger partial charge in [0.1, 0.15) is 17.0 Å². The molecule has 11 aromatic rings. The maximum absolute atomic E-state index is 6.57. The van der Waals surface area contributed by atoms with E-state index in [1.807, 2.05) is 6.07 Å². The number of furan rings is 1. The number of nitrogens with zero attached hydrogens (tertiary/aromatic N) is 3. The van der Waals surface area contributed by atoms with Crippen LogP contribution in [0.25, 0.3) is 99.8 Å². The first-order valence-electron chi connectivity index (χ1n) is 19.3. The molecule has 0 N–H and O–H groups in total. The normalized spacial score (nSPS) is 13.3. The van der Waals surface area contributed by atoms with Gasteiger partial charge in [0, 0.05) is 32.8 Å². The largest absolute Gasteiger partial charge is 0.456 e. The number of fused-ring (bicyclic) bond motifs is 10. The standard InChI is InChI=1S/C52H35N3O/c1-52(2)41-19-10-9-18-36(41)37-30-39-38-28-33(24-26-44(38)54(47(39)31-42(37)52)35-16-7-4-8-17-35)34-25-27-48-40(29-34)50-46(22-13-23-49(50)56-48)55-45-21-12-11-20-43(45)53-51(55)32-14-5-3-6-15-32/h3-31H,1-2H3. The first kappa shape index (κ1) is 31.2. The molecule has 3 aromatic heterocycles. The second-order valence-corrected chi connectivity index (χ2v) is 15.6. The predicted molar refractivity (Wildman–Crippen MR) is 231 cm³/mol. The van der Waals surface area contributed by atoms with Crippen molar-refractivity contribution in [1.29, 1.82) is 0 Å². The summed E-state index contributed by atoms with van der Waals surface area (Å²) in [5, 5.41) is 4.65. The van der Waals surface area contributed by atoms with E-state index in [1.165, 1.54) is 44.1 Å². The number of rotatable bonds is 4. The highest BCUT2D eigenvalue weighted by Gasteiger charge is 2.36. The van der Waals surface area contributed by atoms with E-state index in [-0.39, 0.29) is 5.41 Å². The van der Waals surface area contributed by atoms with Gasteiger partial charge in [-0.05, 0) is 106 Å². The Labute approximate surface area is 323 Å². The minimum atomic E-state index is -0.0876. The summed E-state index contributed by atoms with van der Waals surface area (Å²) < 4.78 is 11.3. The Morgan fingerprint density at radius 1 is 0.464 bits per heavy atom. The molecule has 0 fully saturated rings. The zero-order valence-electron chi connectivity index (χ0n) is 31.0. The quantitative estimate of drug-likeness (QED) is 0.182. The molecule has 0 saturated carbocycles. The SMILES string of the molecule is CC1(C)c2ccccc2-c2cc3c4cc(-c5ccc6oc7cccc(-n8c(-c9ccccc9)nc9ccccc98)c7c6c5)ccc4n(-c4ccccc4)c3cc21. The molecule has 4 heteroatoms. The van der Waals surface area contributed by atoms with Crippen LogP contribution in [0.5, 0.6) is 0 Å². The van der Waals surface area contributed by atoms with Gasteiger partial charge in [0.2, 0.25) is 0 Å². The third-order valence-corrected chi connectivity index (χ3v) is 12.1. The van der Waals surface area contributed by atoms with Crippen molar-refractivity contribution in [3.8, 4) is 45.0 Å². The van der Waals surface area contributed by atoms with Crippen molar-refractivity contribution in [2.75, 3.05) is 0 Å². The van der Waals surface area contributed by atoms with Gasteiger partial charge in [0.25, 0.3) is 0 Å². The van der Waals surface area contributed by atoms with Gasteiger partial charge in [-0.1, -0.05) is 117 Å². The molecule has 0 spiro atoms. The van der Waals surface area contributed by atoms with Crippen molar-refractivity contribution in [2.24, 2.45) is 0 Å². The molecule has 0 atom stereocenters. The van der Waals surface area contributed by atoms with Crippen LogP contribution in [0.3, 0.4) is 0 Å². The Morgan fingerprint density at radius 3 is 2.04 bits per heavy atom.